The lowest BCUT2D eigenvalue weighted by molar-refractivity contribution is 0.0690. The molecular weight excluding hydrogens is 264 g/mol. The van der Waals surface area contributed by atoms with E-state index in [0.717, 1.165) is 4.48 Å². The first-order chi connectivity index (χ1) is 7.09. The second-order valence-corrected chi connectivity index (χ2v) is 3.99. The highest BCUT2D eigenvalue weighted by molar-refractivity contribution is 9.11. The predicted molar refractivity (Wildman–Crippen MR) is 57.9 cm³/mol. The fourth-order valence-corrected chi connectivity index (χ4v) is 1.12. The third kappa shape index (κ3) is 4.22. The molecule has 0 bridgehead atoms. The van der Waals surface area contributed by atoms with E-state index in [-0.39, 0.29) is 5.69 Å². The van der Waals surface area contributed by atoms with Gasteiger partial charge in [-0.05, 0) is 0 Å². The van der Waals surface area contributed by atoms with E-state index in [4.69, 9.17) is 5.11 Å². The maximum absolute atomic E-state index is 10.5. The number of aromatic nitrogens is 3. The number of halogens is 1. The van der Waals surface area contributed by atoms with Crippen molar-refractivity contribution in [2.45, 2.75) is 6.54 Å². The summed E-state index contributed by atoms with van der Waals surface area (Å²) in [6, 6.07) is 0. The molecule has 1 heterocycles. The molecule has 0 saturated heterocycles. The molecule has 0 aliphatic rings. The van der Waals surface area contributed by atoms with Gasteiger partial charge in [-0.15, -0.1) is 5.10 Å². The van der Waals surface area contributed by atoms with E-state index < -0.39 is 5.97 Å². The lowest BCUT2D eigenvalue weighted by Gasteiger charge is -2.02. The SMILES string of the molecule is C=C(Br)CNCCn1cc(C(=O)O)nn1. The molecule has 0 fully saturated rings. The fraction of sp³-hybridized carbons (Fsp3) is 0.375. The number of carboxylic acids is 1. The molecule has 0 aliphatic heterocycles. The molecule has 7 heteroatoms. The lowest BCUT2D eigenvalue weighted by atomic mass is 10.5. The van der Waals surface area contributed by atoms with Crippen LogP contribution in [-0.4, -0.2) is 39.2 Å². The van der Waals surface area contributed by atoms with Crippen LogP contribution in [0.3, 0.4) is 0 Å². The minimum absolute atomic E-state index is 0.0418. The molecule has 1 aromatic heterocycles. The Kier molecular flexibility index (Phi) is 4.44. The second kappa shape index (κ2) is 5.62. The average Bonchev–Trinajstić information content (AvgIpc) is 2.60. The van der Waals surface area contributed by atoms with Gasteiger partial charge < -0.3 is 10.4 Å². The van der Waals surface area contributed by atoms with Crippen LogP contribution in [0.4, 0.5) is 0 Å². The summed E-state index contributed by atoms with van der Waals surface area (Å²) in [5.41, 5.74) is -0.0418. The van der Waals surface area contributed by atoms with Crippen LogP contribution in [0.15, 0.2) is 17.3 Å². The largest absolute Gasteiger partial charge is 0.476 e. The van der Waals surface area contributed by atoms with Gasteiger partial charge >= 0.3 is 5.97 Å². The zero-order valence-corrected chi connectivity index (χ0v) is 9.57. The number of nitrogens with one attached hydrogen (secondary N) is 1. The number of aromatic carboxylic acids is 1. The van der Waals surface area contributed by atoms with E-state index in [0.29, 0.717) is 19.6 Å². The van der Waals surface area contributed by atoms with Crippen LogP contribution in [0.5, 0.6) is 0 Å². The highest BCUT2D eigenvalue weighted by Crippen LogP contribution is 1.96. The Bertz CT molecular complexity index is 363. The number of nitrogens with zero attached hydrogens (tertiary/aromatic N) is 3. The molecule has 6 nitrogen and oxygen atoms in total. The van der Waals surface area contributed by atoms with Crippen molar-refractivity contribution in [3.8, 4) is 0 Å². The average molecular weight is 275 g/mol. The van der Waals surface area contributed by atoms with Crippen LogP contribution in [0.25, 0.3) is 0 Å². The Balaban J connectivity index is 2.31. The van der Waals surface area contributed by atoms with Gasteiger partial charge in [0.15, 0.2) is 5.69 Å². The van der Waals surface area contributed by atoms with Crippen LogP contribution in [0, 0.1) is 0 Å². The van der Waals surface area contributed by atoms with Crippen molar-refractivity contribution in [3.63, 3.8) is 0 Å². The van der Waals surface area contributed by atoms with Crippen LogP contribution in [-0.2, 0) is 6.54 Å². The van der Waals surface area contributed by atoms with Gasteiger partial charge in [0.05, 0.1) is 12.7 Å². The molecular formula is C8H11BrN4O2. The Labute approximate surface area is 95.1 Å². The highest BCUT2D eigenvalue weighted by Gasteiger charge is 2.07. The van der Waals surface area contributed by atoms with Crippen molar-refractivity contribution in [2.24, 2.45) is 0 Å². The zero-order chi connectivity index (χ0) is 11.3. The standard InChI is InChI=1S/C8H11BrN4O2/c1-6(9)4-10-2-3-13-5-7(8(14)15)11-12-13/h5,10H,1-4H2,(H,14,15). The molecule has 0 unspecified atom stereocenters. The molecule has 0 saturated carbocycles. The molecule has 0 radical (unpaired) electrons. The van der Waals surface area contributed by atoms with Crippen LogP contribution < -0.4 is 5.32 Å². The number of carbonyl (C=O) groups is 1. The highest BCUT2D eigenvalue weighted by atomic mass is 79.9. The van der Waals surface area contributed by atoms with Crippen molar-refractivity contribution < 1.29 is 9.90 Å². The second-order valence-electron chi connectivity index (χ2n) is 2.87. The van der Waals surface area contributed by atoms with Crippen molar-refractivity contribution in [1.29, 1.82) is 0 Å². The molecule has 1 rings (SSSR count). The van der Waals surface area contributed by atoms with Crippen LogP contribution in [0.1, 0.15) is 10.5 Å². The third-order valence-corrected chi connectivity index (χ3v) is 1.87. The summed E-state index contributed by atoms with van der Waals surface area (Å²) in [5.74, 6) is -1.07. The van der Waals surface area contributed by atoms with Gasteiger partial charge in [-0.1, -0.05) is 27.7 Å². The quantitative estimate of drug-likeness (QED) is 0.738. The van der Waals surface area contributed by atoms with Crippen LogP contribution >= 0.6 is 15.9 Å². The number of hydrogen-bond donors (Lipinski definition) is 2. The van der Waals surface area contributed by atoms with Crippen LogP contribution in [0.2, 0.25) is 0 Å². The first-order valence-corrected chi connectivity index (χ1v) is 5.06. The van der Waals surface area contributed by atoms with E-state index in [1.54, 1.807) is 0 Å². The summed E-state index contributed by atoms with van der Waals surface area (Å²) in [5, 5.41) is 18.8. The van der Waals surface area contributed by atoms with Crippen molar-refractivity contribution in [1.82, 2.24) is 20.3 Å². The molecule has 2 N–H and O–H groups in total. The predicted octanol–water partition coefficient (Wildman–Crippen LogP) is 0.474. The third-order valence-electron chi connectivity index (χ3n) is 1.59. The van der Waals surface area contributed by atoms with Gasteiger partial charge in [-0.3, -0.25) is 4.68 Å². The Hall–Kier alpha value is -1.21. The first-order valence-electron chi connectivity index (χ1n) is 4.27. The Morgan fingerprint density at radius 3 is 3.00 bits per heavy atom. The molecule has 82 valence electrons. The van der Waals surface area contributed by atoms with Gasteiger partial charge in [0.2, 0.25) is 0 Å². The fourth-order valence-electron chi connectivity index (χ4n) is 0.923. The minimum Gasteiger partial charge on any atom is -0.476 e. The maximum atomic E-state index is 10.5. The summed E-state index contributed by atoms with van der Waals surface area (Å²) in [4.78, 5) is 10.5. The van der Waals surface area contributed by atoms with Gasteiger partial charge in [-0.2, -0.15) is 0 Å². The Morgan fingerprint density at radius 2 is 2.47 bits per heavy atom. The summed E-state index contributed by atoms with van der Waals surface area (Å²) in [6.45, 7) is 5.58. The summed E-state index contributed by atoms with van der Waals surface area (Å²) in [7, 11) is 0. The lowest BCUT2D eigenvalue weighted by Crippen LogP contribution is -2.21. The van der Waals surface area contributed by atoms with Crippen molar-refractivity contribution in [3.05, 3.63) is 23.0 Å². The van der Waals surface area contributed by atoms with Crippen molar-refractivity contribution >= 4 is 21.9 Å². The summed E-state index contributed by atoms with van der Waals surface area (Å²) >= 11 is 3.21. The van der Waals surface area contributed by atoms with E-state index in [9.17, 15) is 4.79 Å². The normalized spacial score (nSPS) is 10.2. The van der Waals surface area contributed by atoms with Gasteiger partial charge in [0.25, 0.3) is 0 Å². The summed E-state index contributed by atoms with van der Waals surface area (Å²) in [6.07, 6.45) is 1.40. The van der Waals surface area contributed by atoms with Gasteiger partial charge in [-0.25, -0.2) is 4.79 Å². The molecule has 0 aromatic carbocycles. The van der Waals surface area contributed by atoms with Crippen molar-refractivity contribution in [2.75, 3.05) is 13.1 Å². The minimum atomic E-state index is -1.07. The molecule has 0 amide bonds. The zero-order valence-electron chi connectivity index (χ0n) is 7.98. The maximum Gasteiger partial charge on any atom is 0.358 e. The van der Waals surface area contributed by atoms with Gasteiger partial charge in [0, 0.05) is 17.6 Å². The number of rotatable bonds is 6. The molecule has 0 aliphatic carbocycles. The molecule has 0 spiro atoms. The topological polar surface area (TPSA) is 80.0 Å². The number of hydrogen-bond acceptors (Lipinski definition) is 4. The first kappa shape index (κ1) is 11.9. The molecule has 0 atom stereocenters. The monoisotopic (exact) mass is 274 g/mol. The Morgan fingerprint density at radius 1 is 1.73 bits per heavy atom. The van der Waals surface area contributed by atoms with E-state index in [1.807, 2.05) is 0 Å². The number of carboxylic acid groups (broad SMARTS) is 1. The van der Waals surface area contributed by atoms with E-state index in [1.165, 1.54) is 10.9 Å². The van der Waals surface area contributed by atoms with Gasteiger partial charge in [0.1, 0.15) is 0 Å². The summed E-state index contributed by atoms with van der Waals surface area (Å²) < 4.78 is 2.35. The van der Waals surface area contributed by atoms with E-state index in [2.05, 4.69) is 38.1 Å². The molecule has 15 heavy (non-hydrogen) atoms. The smallest absolute Gasteiger partial charge is 0.358 e. The van der Waals surface area contributed by atoms with E-state index >= 15 is 0 Å². The molecule has 1 aromatic rings.